The van der Waals surface area contributed by atoms with Crippen LogP contribution in [0, 0.1) is 0 Å². The van der Waals surface area contributed by atoms with E-state index in [4.69, 9.17) is 0 Å². The van der Waals surface area contributed by atoms with Crippen molar-refractivity contribution in [2.75, 3.05) is 6.54 Å². The highest BCUT2D eigenvalue weighted by atomic mass is 16.1. The van der Waals surface area contributed by atoms with Crippen LogP contribution in [0.5, 0.6) is 0 Å². The van der Waals surface area contributed by atoms with Gasteiger partial charge in [0.2, 0.25) is 5.91 Å². The van der Waals surface area contributed by atoms with Gasteiger partial charge in [-0.3, -0.25) is 10.1 Å². The van der Waals surface area contributed by atoms with Gasteiger partial charge in [0.25, 0.3) is 0 Å². The minimum atomic E-state index is -0.155. The number of unbranched alkanes of at least 4 members (excludes halogenated alkanes) is 2. The van der Waals surface area contributed by atoms with E-state index in [1.165, 1.54) is 0 Å². The Bertz CT molecular complexity index is 202. The first-order valence-corrected chi connectivity index (χ1v) is 5.50. The molecule has 0 aliphatic carbocycles. The van der Waals surface area contributed by atoms with Crippen LogP contribution in [0.2, 0.25) is 0 Å². The van der Waals surface area contributed by atoms with Crippen LogP contribution < -0.4 is 10.6 Å². The van der Waals surface area contributed by atoms with Crippen LogP contribution in [-0.2, 0) is 4.79 Å². The van der Waals surface area contributed by atoms with Crippen LogP contribution in [0.4, 0.5) is 0 Å². The Morgan fingerprint density at radius 2 is 2.13 bits per heavy atom. The summed E-state index contributed by atoms with van der Waals surface area (Å²) in [4.78, 5) is 11.4. The molecular formula is C12H22N2O. The molecule has 0 saturated carbocycles. The minimum Gasteiger partial charge on any atom is -0.337 e. The van der Waals surface area contributed by atoms with Crippen molar-refractivity contribution < 1.29 is 4.79 Å². The molecular weight excluding hydrogens is 188 g/mol. The predicted octanol–water partition coefficient (Wildman–Crippen LogP) is 1.97. The first-order chi connectivity index (χ1) is 7.24. The molecule has 0 rings (SSSR count). The fourth-order valence-corrected chi connectivity index (χ4v) is 1.18. The number of nitrogens with one attached hydrogen (secondary N) is 2. The second kappa shape index (κ2) is 9.46. The smallest absolute Gasteiger partial charge is 0.221 e. The van der Waals surface area contributed by atoms with Crippen molar-refractivity contribution in [3.8, 4) is 0 Å². The second-order valence-corrected chi connectivity index (χ2v) is 3.43. The van der Waals surface area contributed by atoms with Crippen molar-refractivity contribution >= 4 is 5.91 Å². The molecule has 3 heteroatoms. The molecule has 0 heterocycles. The average Bonchev–Trinajstić information content (AvgIpc) is 2.24. The van der Waals surface area contributed by atoms with Crippen molar-refractivity contribution in [3.05, 3.63) is 25.3 Å². The SMILES string of the molecule is C=CCNC(C=C)NC(=O)CCCCC. The fraction of sp³-hybridized carbons (Fsp3) is 0.583. The van der Waals surface area contributed by atoms with Gasteiger partial charge in [0.1, 0.15) is 0 Å². The highest BCUT2D eigenvalue weighted by molar-refractivity contribution is 5.76. The van der Waals surface area contributed by atoms with Crippen LogP contribution in [0.15, 0.2) is 25.3 Å². The summed E-state index contributed by atoms with van der Waals surface area (Å²) in [6.07, 6.45) is 7.05. The number of rotatable bonds is 9. The van der Waals surface area contributed by atoms with Gasteiger partial charge in [-0.2, -0.15) is 0 Å². The summed E-state index contributed by atoms with van der Waals surface area (Å²) in [6.45, 7) is 10.0. The molecule has 0 aliphatic heterocycles. The molecule has 1 unspecified atom stereocenters. The molecule has 2 N–H and O–H groups in total. The van der Waals surface area contributed by atoms with E-state index in [0.29, 0.717) is 13.0 Å². The molecule has 3 nitrogen and oxygen atoms in total. The molecule has 0 aromatic rings. The van der Waals surface area contributed by atoms with Gasteiger partial charge in [-0.15, -0.1) is 6.58 Å². The normalized spacial score (nSPS) is 11.8. The number of carbonyl (C=O) groups is 1. The van der Waals surface area contributed by atoms with E-state index in [1.54, 1.807) is 12.2 Å². The predicted molar refractivity (Wildman–Crippen MR) is 64.5 cm³/mol. The highest BCUT2D eigenvalue weighted by Crippen LogP contribution is 1.98. The Labute approximate surface area is 92.6 Å². The van der Waals surface area contributed by atoms with Gasteiger partial charge in [0, 0.05) is 13.0 Å². The lowest BCUT2D eigenvalue weighted by atomic mass is 10.2. The molecule has 1 amide bonds. The van der Waals surface area contributed by atoms with Crippen molar-refractivity contribution in [2.24, 2.45) is 0 Å². The third-order valence-electron chi connectivity index (χ3n) is 2.04. The molecule has 1 atom stereocenters. The van der Waals surface area contributed by atoms with Crippen molar-refractivity contribution in [1.29, 1.82) is 0 Å². The fourth-order valence-electron chi connectivity index (χ4n) is 1.18. The Hall–Kier alpha value is -1.09. The number of amides is 1. The topological polar surface area (TPSA) is 41.1 Å². The second-order valence-electron chi connectivity index (χ2n) is 3.43. The van der Waals surface area contributed by atoms with Crippen molar-refractivity contribution in [2.45, 2.75) is 38.8 Å². The molecule has 86 valence electrons. The van der Waals surface area contributed by atoms with Crippen molar-refractivity contribution in [1.82, 2.24) is 10.6 Å². The van der Waals surface area contributed by atoms with E-state index >= 15 is 0 Å². The lowest BCUT2D eigenvalue weighted by Gasteiger charge is -2.15. The van der Waals surface area contributed by atoms with Gasteiger partial charge in [-0.25, -0.2) is 0 Å². The zero-order valence-electron chi connectivity index (χ0n) is 9.59. The standard InChI is InChI=1S/C12H22N2O/c1-4-7-8-9-12(15)14-11(6-3)13-10-5-2/h5-6,11,13H,2-4,7-10H2,1H3,(H,14,15). The van der Waals surface area contributed by atoms with Gasteiger partial charge in [0.15, 0.2) is 0 Å². The summed E-state index contributed by atoms with van der Waals surface area (Å²) in [5, 5.41) is 5.92. The molecule has 15 heavy (non-hydrogen) atoms. The Morgan fingerprint density at radius 3 is 2.67 bits per heavy atom. The zero-order valence-corrected chi connectivity index (χ0v) is 9.59. The monoisotopic (exact) mass is 210 g/mol. The minimum absolute atomic E-state index is 0.0740. The zero-order chi connectivity index (χ0) is 11.5. The van der Waals surface area contributed by atoms with Crippen LogP contribution in [0.1, 0.15) is 32.6 Å². The quantitative estimate of drug-likeness (QED) is 0.347. The lowest BCUT2D eigenvalue weighted by molar-refractivity contribution is -0.121. The summed E-state index contributed by atoms with van der Waals surface area (Å²) in [7, 11) is 0. The summed E-state index contributed by atoms with van der Waals surface area (Å²) in [6, 6.07) is 0. The third kappa shape index (κ3) is 7.94. The maximum Gasteiger partial charge on any atom is 0.221 e. The van der Waals surface area contributed by atoms with Crippen LogP contribution in [0.3, 0.4) is 0 Å². The van der Waals surface area contributed by atoms with E-state index in [-0.39, 0.29) is 12.1 Å². The van der Waals surface area contributed by atoms with E-state index in [1.807, 2.05) is 0 Å². The first-order valence-electron chi connectivity index (χ1n) is 5.50. The lowest BCUT2D eigenvalue weighted by Crippen LogP contribution is -2.43. The number of hydrogen-bond donors (Lipinski definition) is 2. The summed E-state index contributed by atoms with van der Waals surface area (Å²) in [5.41, 5.74) is 0. The molecule has 0 spiro atoms. The number of hydrogen-bond acceptors (Lipinski definition) is 2. The summed E-state index contributed by atoms with van der Waals surface area (Å²) in [5.74, 6) is 0.0740. The molecule has 0 aromatic carbocycles. The molecule has 0 aromatic heterocycles. The van der Waals surface area contributed by atoms with E-state index < -0.39 is 0 Å². The molecule has 0 bridgehead atoms. The van der Waals surface area contributed by atoms with Gasteiger partial charge in [0.05, 0.1) is 6.17 Å². The first kappa shape index (κ1) is 13.9. The van der Waals surface area contributed by atoms with Gasteiger partial charge < -0.3 is 5.32 Å². The average molecular weight is 210 g/mol. The Morgan fingerprint density at radius 1 is 1.40 bits per heavy atom. The van der Waals surface area contributed by atoms with E-state index in [0.717, 1.165) is 19.3 Å². The maximum absolute atomic E-state index is 11.4. The molecule has 0 aliphatic rings. The largest absolute Gasteiger partial charge is 0.337 e. The van der Waals surface area contributed by atoms with Crippen LogP contribution in [0.25, 0.3) is 0 Å². The maximum atomic E-state index is 11.4. The van der Waals surface area contributed by atoms with Crippen LogP contribution >= 0.6 is 0 Å². The van der Waals surface area contributed by atoms with Gasteiger partial charge in [-0.05, 0) is 6.42 Å². The van der Waals surface area contributed by atoms with Crippen LogP contribution in [-0.4, -0.2) is 18.6 Å². The third-order valence-corrected chi connectivity index (χ3v) is 2.04. The Kier molecular flexibility index (Phi) is 8.78. The summed E-state index contributed by atoms with van der Waals surface area (Å²) < 4.78 is 0. The number of carbonyl (C=O) groups excluding carboxylic acids is 1. The molecule has 0 fully saturated rings. The van der Waals surface area contributed by atoms with E-state index in [2.05, 4.69) is 30.7 Å². The highest BCUT2D eigenvalue weighted by Gasteiger charge is 2.06. The van der Waals surface area contributed by atoms with Gasteiger partial charge in [-0.1, -0.05) is 38.5 Å². The summed E-state index contributed by atoms with van der Waals surface area (Å²) >= 11 is 0. The van der Waals surface area contributed by atoms with Gasteiger partial charge >= 0.3 is 0 Å². The van der Waals surface area contributed by atoms with E-state index in [9.17, 15) is 4.79 Å². The molecule has 0 radical (unpaired) electrons. The van der Waals surface area contributed by atoms with Crippen molar-refractivity contribution in [3.63, 3.8) is 0 Å². The Balaban J connectivity index is 3.69. The molecule has 0 saturated heterocycles.